The van der Waals surface area contributed by atoms with Crippen molar-refractivity contribution in [3.05, 3.63) is 81.8 Å². The van der Waals surface area contributed by atoms with Crippen LogP contribution >= 0.6 is 23.4 Å². The molecule has 0 amide bonds. The van der Waals surface area contributed by atoms with Gasteiger partial charge in [-0.05, 0) is 47.2 Å². The molecule has 3 aromatic rings. The van der Waals surface area contributed by atoms with Crippen LogP contribution in [0, 0.1) is 11.2 Å². The van der Waals surface area contributed by atoms with Gasteiger partial charge in [0.05, 0.1) is 0 Å². The number of rotatable bonds is 4. The van der Waals surface area contributed by atoms with Crippen LogP contribution in [0.4, 0.5) is 10.3 Å². The summed E-state index contributed by atoms with van der Waals surface area (Å²) in [5.41, 5.74) is 3.26. The van der Waals surface area contributed by atoms with Crippen LogP contribution in [0.5, 0.6) is 0 Å². The van der Waals surface area contributed by atoms with E-state index in [1.807, 2.05) is 30.3 Å². The van der Waals surface area contributed by atoms with Crippen LogP contribution in [0.2, 0.25) is 5.02 Å². The summed E-state index contributed by atoms with van der Waals surface area (Å²) in [5.74, 6) is 0.994. The van der Waals surface area contributed by atoms with Gasteiger partial charge in [0, 0.05) is 28.5 Å². The van der Waals surface area contributed by atoms with Crippen molar-refractivity contribution in [3.63, 3.8) is 0 Å². The van der Waals surface area contributed by atoms with Gasteiger partial charge in [0.25, 0.3) is 0 Å². The fourth-order valence-electron chi connectivity index (χ4n) is 4.41. The lowest BCUT2D eigenvalue weighted by molar-refractivity contribution is -0.118. The molecule has 0 bridgehead atoms. The van der Waals surface area contributed by atoms with Crippen molar-refractivity contribution in [1.82, 2.24) is 14.8 Å². The number of hydrogen-bond acceptors (Lipinski definition) is 5. The van der Waals surface area contributed by atoms with Gasteiger partial charge in [-0.3, -0.25) is 4.79 Å². The molecule has 2 heterocycles. The summed E-state index contributed by atoms with van der Waals surface area (Å²) in [4.78, 5) is 17.9. The summed E-state index contributed by atoms with van der Waals surface area (Å²) in [6.45, 7) is 4.20. The van der Waals surface area contributed by atoms with Gasteiger partial charge >= 0.3 is 0 Å². The van der Waals surface area contributed by atoms with Crippen LogP contribution in [0.15, 0.2) is 65.0 Å². The molecule has 1 atom stereocenters. The average molecular weight is 469 g/mol. The summed E-state index contributed by atoms with van der Waals surface area (Å²) in [6, 6.07) is 13.7. The van der Waals surface area contributed by atoms with Crippen LogP contribution in [-0.2, 0) is 10.5 Å². The Morgan fingerprint density at radius 3 is 2.81 bits per heavy atom. The molecule has 8 heteroatoms. The first-order valence-electron chi connectivity index (χ1n) is 10.4. The number of carbonyl (C=O) groups excluding carboxylic acids is 1. The number of ketones is 1. The number of halogens is 2. The van der Waals surface area contributed by atoms with Crippen molar-refractivity contribution < 1.29 is 9.18 Å². The Morgan fingerprint density at radius 2 is 2.03 bits per heavy atom. The van der Waals surface area contributed by atoms with Crippen LogP contribution < -0.4 is 5.32 Å². The number of hydrogen-bond donors (Lipinski definition) is 1. The Bertz CT molecular complexity index is 1250. The normalized spacial score (nSPS) is 19.4. The number of anilines is 1. The lowest BCUT2D eigenvalue weighted by atomic mass is 9.73. The van der Waals surface area contributed by atoms with Gasteiger partial charge in [0.1, 0.15) is 11.9 Å². The van der Waals surface area contributed by atoms with E-state index in [4.69, 9.17) is 16.7 Å². The molecule has 0 saturated carbocycles. The number of nitrogens with zero attached hydrogens (tertiary/aromatic N) is 3. The SMILES string of the molecule is CC1(C)CC(=O)C2=C(C1)Nc1nc(SCc3cccc(F)c3)nn1[C@H]2c1cccc(Cl)c1. The number of allylic oxidation sites excluding steroid dienone is 2. The molecule has 1 aromatic heterocycles. The first-order chi connectivity index (χ1) is 15.3. The topological polar surface area (TPSA) is 59.8 Å². The summed E-state index contributed by atoms with van der Waals surface area (Å²) in [6.07, 6.45) is 1.24. The number of thioether (sulfide) groups is 1. The molecule has 2 aliphatic rings. The first-order valence-corrected chi connectivity index (χ1v) is 11.8. The van der Waals surface area contributed by atoms with Gasteiger partial charge in [0.2, 0.25) is 11.1 Å². The smallest absolute Gasteiger partial charge is 0.227 e. The molecule has 0 radical (unpaired) electrons. The van der Waals surface area contributed by atoms with Gasteiger partial charge in [-0.2, -0.15) is 4.98 Å². The Morgan fingerprint density at radius 1 is 1.22 bits per heavy atom. The minimum absolute atomic E-state index is 0.115. The maximum absolute atomic E-state index is 13.5. The van der Waals surface area contributed by atoms with Crippen LogP contribution in [-0.4, -0.2) is 20.5 Å². The van der Waals surface area contributed by atoms with Crippen molar-refractivity contribution in [3.8, 4) is 0 Å². The molecule has 1 aliphatic heterocycles. The molecule has 5 rings (SSSR count). The molecule has 32 heavy (non-hydrogen) atoms. The zero-order chi connectivity index (χ0) is 22.5. The highest BCUT2D eigenvalue weighted by Crippen LogP contribution is 2.46. The van der Waals surface area contributed by atoms with Crippen LogP contribution in [0.1, 0.15) is 43.9 Å². The van der Waals surface area contributed by atoms with E-state index in [0.29, 0.717) is 28.3 Å². The second kappa shape index (κ2) is 8.05. The highest BCUT2D eigenvalue weighted by atomic mass is 35.5. The maximum atomic E-state index is 13.5. The van der Waals surface area contributed by atoms with Crippen molar-refractivity contribution in [2.24, 2.45) is 5.41 Å². The molecule has 0 fully saturated rings. The number of Topliss-reactive ketones (excluding diaryl/α,β-unsaturated/α-hetero) is 1. The first kappa shape index (κ1) is 21.2. The van der Waals surface area contributed by atoms with Gasteiger partial charge in [0.15, 0.2) is 5.78 Å². The van der Waals surface area contributed by atoms with Crippen molar-refractivity contribution in [2.75, 3.05) is 5.32 Å². The Balaban J connectivity index is 1.53. The number of nitrogens with one attached hydrogen (secondary N) is 1. The van der Waals surface area contributed by atoms with E-state index in [1.54, 1.807) is 10.7 Å². The van der Waals surface area contributed by atoms with E-state index >= 15 is 0 Å². The van der Waals surface area contributed by atoms with Crippen molar-refractivity contribution in [2.45, 2.75) is 43.6 Å². The molecule has 0 unspecified atom stereocenters. The molecule has 0 spiro atoms. The number of benzene rings is 2. The predicted molar refractivity (Wildman–Crippen MR) is 124 cm³/mol. The zero-order valence-electron chi connectivity index (χ0n) is 17.7. The van der Waals surface area contributed by atoms with Crippen molar-refractivity contribution >= 4 is 35.1 Å². The Kier molecular flexibility index (Phi) is 5.34. The number of aromatic nitrogens is 3. The monoisotopic (exact) mass is 468 g/mol. The van der Waals surface area contributed by atoms with Gasteiger partial charge in [-0.1, -0.05) is 61.5 Å². The van der Waals surface area contributed by atoms with Gasteiger partial charge in [-0.15, -0.1) is 5.10 Å². The molecule has 5 nitrogen and oxygen atoms in total. The third-order valence-corrected chi connectivity index (χ3v) is 6.88. The second-order valence-electron chi connectivity index (χ2n) is 9.00. The molecule has 1 aliphatic carbocycles. The van der Waals surface area contributed by atoms with E-state index in [1.165, 1.54) is 23.9 Å². The lowest BCUT2D eigenvalue weighted by Gasteiger charge is -2.38. The number of fused-ring (bicyclic) bond motifs is 1. The highest BCUT2D eigenvalue weighted by Gasteiger charge is 2.41. The zero-order valence-corrected chi connectivity index (χ0v) is 19.3. The largest absolute Gasteiger partial charge is 0.328 e. The second-order valence-corrected chi connectivity index (χ2v) is 10.4. The predicted octanol–water partition coefficient (Wildman–Crippen LogP) is 6.02. The highest BCUT2D eigenvalue weighted by molar-refractivity contribution is 7.98. The lowest BCUT2D eigenvalue weighted by Crippen LogP contribution is -2.36. The maximum Gasteiger partial charge on any atom is 0.227 e. The third kappa shape index (κ3) is 4.07. The Hall–Kier alpha value is -2.64. The van der Waals surface area contributed by atoms with E-state index in [9.17, 15) is 9.18 Å². The molecule has 0 saturated heterocycles. The van der Waals surface area contributed by atoms with Gasteiger partial charge < -0.3 is 5.32 Å². The van der Waals surface area contributed by atoms with E-state index in [2.05, 4.69) is 24.1 Å². The third-order valence-electron chi connectivity index (χ3n) is 5.73. The fraction of sp³-hybridized carbons (Fsp3) is 0.292. The molecular formula is C24H22ClFN4OS. The van der Waals surface area contributed by atoms with E-state index < -0.39 is 0 Å². The minimum atomic E-state index is -0.389. The van der Waals surface area contributed by atoms with E-state index in [0.717, 1.165) is 28.8 Å². The minimum Gasteiger partial charge on any atom is -0.328 e. The molecule has 1 N–H and O–H groups in total. The molecule has 164 valence electrons. The van der Waals surface area contributed by atoms with E-state index in [-0.39, 0.29) is 23.1 Å². The Labute approximate surface area is 195 Å². The van der Waals surface area contributed by atoms with Gasteiger partial charge in [-0.25, -0.2) is 9.07 Å². The molecule has 2 aromatic carbocycles. The average Bonchev–Trinajstić information content (AvgIpc) is 3.12. The summed E-state index contributed by atoms with van der Waals surface area (Å²) in [5, 5.41) is 9.26. The summed E-state index contributed by atoms with van der Waals surface area (Å²) in [7, 11) is 0. The summed E-state index contributed by atoms with van der Waals surface area (Å²) >= 11 is 7.72. The number of carbonyl (C=O) groups is 1. The standard InChI is InChI=1S/C24H22ClFN4OS/c1-24(2)11-18-20(19(31)12-24)21(15-6-4-7-16(25)10-15)30-22(27-18)28-23(29-30)32-13-14-5-3-8-17(26)9-14/h3-10,21H,11-13H2,1-2H3,(H,27,28,29)/t21-/m0/s1. The summed E-state index contributed by atoms with van der Waals surface area (Å²) < 4.78 is 15.3. The molecular weight excluding hydrogens is 447 g/mol. The quantitative estimate of drug-likeness (QED) is 0.474. The fourth-order valence-corrected chi connectivity index (χ4v) is 5.38. The van der Waals surface area contributed by atoms with Crippen LogP contribution in [0.25, 0.3) is 0 Å². The van der Waals surface area contributed by atoms with Crippen LogP contribution in [0.3, 0.4) is 0 Å². The van der Waals surface area contributed by atoms with Crippen molar-refractivity contribution in [1.29, 1.82) is 0 Å².